The molecule has 0 unspecified atom stereocenters. The van der Waals surface area contributed by atoms with E-state index in [4.69, 9.17) is 28.2 Å². The van der Waals surface area contributed by atoms with Gasteiger partial charge in [0.2, 0.25) is 5.89 Å². The van der Waals surface area contributed by atoms with Crippen LogP contribution in [0.4, 0.5) is 0 Å². The van der Waals surface area contributed by atoms with E-state index in [1.54, 1.807) is 6.08 Å². The maximum absolute atomic E-state index is 5.76. The lowest BCUT2D eigenvalue weighted by atomic mass is 10.2. The number of nitrogens with one attached hydrogen (secondary N) is 1. The predicted octanol–water partition coefficient (Wildman–Crippen LogP) is 3.56. The van der Waals surface area contributed by atoms with Gasteiger partial charge >= 0.3 is 0 Å². The van der Waals surface area contributed by atoms with Crippen molar-refractivity contribution in [3.8, 4) is 0 Å². The molecule has 15 heavy (non-hydrogen) atoms. The third kappa shape index (κ3) is 2.78. The van der Waals surface area contributed by atoms with Crippen LogP contribution >= 0.6 is 23.8 Å². The number of H-pyrrole nitrogens is 1. The maximum Gasteiger partial charge on any atom is 0.284 e. The van der Waals surface area contributed by atoms with E-state index in [0.717, 1.165) is 5.56 Å². The fraction of sp³-hybridized carbons (Fsp3) is 0. The number of aromatic amines is 1. The van der Waals surface area contributed by atoms with Crippen LogP contribution in [-0.2, 0) is 0 Å². The second-order valence-electron chi connectivity index (χ2n) is 2.84. The molecule has 1 aromatic carbocycles. The molecule has 0 bridgehead atoms. The molecule has 0 amide bonds. The van der Waals surface area contributed by atoms with Gasteiger partial charge in [0.25, 0.3) is 4.84 Å². The van der Waals surface area contributed by atoms with Crippen molar-refractivity contribution in [1.29, 1.82) is 0 Å². The van der Waals surface area contributed by atoms with Gasteiger partial charge in [-0.25, -0.2) is 5.10 Å². The topological polar surface area (TPSA) is 41.8 Å². The summed E-state index contributed by atoms with van der Waals surface area (Å²) >= 11 is 10.5. The van der Waals surface area contributed by atoms with Crippen LogP contribution in [-0.4, -0.2) is 10.2 Å². The number of nitrogens with zero attached hydrogens (tertiary/aromatic N) is 1. The molecule has 0 saturated carbocycles. The normalized spacial score (nSPS) is 11.0. The van der Waals surface area contributed by atoms with Crippen molar-refractivity contribution in [1.82, 2.24) is 10.2 Å². The molecule has 2 aromatic rings. The van der Waals surface area contributed by atoms with E-state index in [0.29, 0.717) is 10.9 Å². The summed E-state index contributed by atoms with van der Waals surface area (Å²) in [7, 11) is 0. The third-order valence-electron chi connectivity index (χ3n) is 1.74. The highest BCUT2D eigenvalue weighted by atomic mass is 35.5. The van der Waals surface area contributed by atoms with Gasteiger partial charge in [0.1, 0.15) is 0 Å². The average Bonchev–Trinajstić information content (AvgIpc) is 2.64. The molecule has 3 nitrogen and oxygen atoms in total. The van der Waals surface area contributed by atoms with E-state index in [1.165, 1.54) is 0 Å². The molecule has 0 radical (unpaired) electrons. The number of benzene rings is 1. The molecule has 1 heterocycles. The van der Waals surface area contributed by atoms with Crippen molar-refractivity contribution in [2.75, 3.05) is 0 Å². The van der Waals surface area contributed by atoms with Crippen LogP contribution in [0, 0.1) is 4.84 Å². The summed E-state index contributed by atoms with van der Waals surface area (Å²) < 4.78 is 5.06. The number of hydrogen-bond donors (Lipinski definition) is 1. The summed E-state index contributed by atoms with van der Waals surface area (Å²) in [5, 5.41) is 7.09. The Hall–Kier alpha value is -1.39. The lowest BCUT2D eigenvalue weighted by Crippen LogP contribution is -1.72. The van der Waals surface area contributed by atoms with Crippen molar-refractivity contribution in [2.24, 2.45) is 0 Å². The Kier molecular flexibility index (Phi) is 2.99. The van der Waals surface area contributed by atoms with Crippen LogP contribution in [0.2, 0.25) is 5.02 Å². The Balaban J connectivity index is 2.18. The molecule has 2 rings (SSSR count). The smallest absolute Gasteiger partial charge is 0.284 e. The highest BCUT2D eigenvalue weighted by molar-refractivity contribution is 7.71. The minimum Gasteiger partial charge on any atom is -0.410 e. The van der Waals surface area contributed by atoms with Crippen LogP contribution < -0.4 is 0 Å². The Labute approximate surface area is 96.4 Å². The summed E-state index contributed by atoms with van der Waals surface area (Å²) in [6, 6.07) is 7.45. The van der Waals surface area contributed by atoms with E-state index in [2.05, 4.69) is 10.2 Å². The minimum absolute atomic E-state index is 0.269. The number of rotatable bonds is 2. The Morgan fingerprint density at radius 3 is 2.60 bits per heavy atom. The van der Waals surface area contributed by atoms with Gasteiger partial charge in [-0.05, 0) is 36.0 Å². The summed E-state index contributed by atoms with van der Waals surface area (Å²) in [4.78, 5) is 0.269. The summed E-state index contributed by atoms with van der Waals surface area (Å²) in [6.45, 7) is 0. The third-order valence-corrected chi connectivity index (χ3v) is 2.17. The summed E-state index contributed by atoms with van der Waals surface area (Å²) in [5.74, 6) is 0.454. The van der Waals surface area contributed by atoms with Crippen molar-refractivity contribution in [3.63, 3.8) is 0 Å². The van der Waals surface area contributed by atoms with Gasteiger partial charge in [-0.2, -0.15) is 0 Å². The predicted molar refractivity (Wildman–Crippen MR) is 62.1 cm³/mol. The maximum atomic E-state index is 5.76. The van der Waals surface area contributed by atoms with Crippen LogP contribution in [0.5, 0.6) is 0 Å². The SMILES string of the molecule is S=c1[nH]nc(/C=C/c2ccc(Cl)cc2)o1. The summed E-state index contributed by atoms with van der Waals surface area (Å²) in [6.07, 6.45) is 3.60. The molecule has 0 spiro atoms. The molecule has 0 aliphatic heterocycles. The molecular weight excluding hydrogens is 232 g/mol. The molecule has 0 aliphatic rings. The zero-order chi connectivity index (χ0) is 10.7. The van der Waals surface area contributed by atoms with Gasteiger partial charge in [0.05, 0.1) is 0 Å². The van der Waals surface area contributed by atoms with Gasteiger partial charge in [0, 0.05) is 11.1 Å². The molecule has 1 aromatic heterocycles. The van der Waals surface area contributed by atoms with Crippen molar-refractivity contribution < 1.29 is 4.42 Å². The van der Waals surface area contributed by atoms with Crippen molar-refractivity contribution in [2.45, 2.75) is 0 Å². The van der Waals surface area contributed by atoms with E-state index in [9.17, 15) is 0 Å². The van der Waals surface area contributed by atoms with Gasteiger partial charge in [0.15, 0.2) is 0 Å². The molecule has 0 fully saturated rings. The number of aromatic nitrogens is 2. The van der Waals surface area contributed by atoms with E-state index >= 15 is 0 Å². The van der Waals surface area contributed by atoms with Crippen LogP contribution in [0.15, 0.2) is 28.7 Å². The van der Waals surface area contributed by atoms with Gasteiger partial charge < -0.3 is 4.42 Å². The molecule has 0 aliphatic carbocycles. The van der Waals surface area contributed by atoms with E-state index in [1.807, 2.05) is 30.3 Å². The monoisotopic (exact) mass is 238 g/mol. The lowest BCUT2D eigenvalue weighted by molar-refractivity contribution is 0.527. The highest BCUT2D eigenvalue weighted by Gasteiger charge is 1.93. The standard InChI is InChI=1S/C10H7ClN2OS/c11-8-4-1-7(2-5-8)3-6-9-12-13-10(15)14-9/h1-6H,(H,13,15)/b6-3+. The first-order valence-corrected chi connectivity index (χ1v) is 5.02. The first-order chi connectivity index (χ1) is 7.24. The largest absolute Gasteiger partial charge is 0.410 e. The van der Waals surface area contributed by atoms with Crippen molar-refractivity contribution >= 4 is 36.0 Å². The first-order valence-electron chi connectivity index (χ1n) is 4.23. The fourth-order valence-corrected chi connectivity index (χ4v) is 1.31. The fourth-order valence-electron chi connectivity index (χ4n) is 1.05. The van der Waals surface area contributed by atoms with Crippen molar-refractivity contribution in [3.05, 3.63) is 45.6 Å². The lowest BCUT2D eigenvalue weighted by Gasteiger charge is -1.91. The quantitative estimate of drug-likeness (QED) is 0.814. The van der Waals surface area contributed by atoms with Crippen LogP contribution in [0.3, 0.4) is 0 Å². The Morgan fingerprint density at radius 1 is 1.27 bits per heavy atom. The van der Waals surface area contributed by atoms with Gasteiger partial charge in [-0.15, -0.1) is 5.10 Å². The highest BCUT2D eigenvalue weighted by Crippen LogP contribution is 2.11. The minimum atomic E-state index is 0.269. The zero-order valence-electron chi connectivity index (χ0n) is 7.61. The Morgan fingerprint density at radius 2 is 2.00 bits per heavy atom. The molecule has 5 heteroatoms. The second kappa shape index (κ2) is 4.42. The Bertz CT molecular complexity index is 527. The summed E-state index contributed by atoms with van der Waals surface area (Å²) in [5.41, 5.74) is 1.02. The second-order valence-corrected chi connectivity index (χ2v) is 3.64. The first kappa shape index (κ1) is 10.1. The van der Waals surface area contributed by atoms with Crippen LogP contribution in [0.25, 0.3) is 12.2 Å². The molecule has 0 atom stereocenters. The molecular formula is C10H7ClN2OS. The van der Waals surface area contributed by atoms with E-state index in [-0.39, 0.29) is 4.84 Å². The number of halogens is 1. The van der Waals surface area contributed by atoms with Gasteiger partial charge in [-0.3, -0.25) is 0 Å². The average molecular weight is 239 g/mol. The molecule has 0 saturated heterocycles. The molecule has 76 valence electrons. The zero-order valence-corrected chi connectivity index (χ0v) is 9.18. The van der Waals surface area contributed by atoms with Gasteiger partial charge in [-0.1, -0.05) is 23.7 Å². The molecule has 1 N–H and O–H groups in total. The number of hydrogen-bond acceptors (Lipinski definition) is 3. The van der Waals surface area contributed by atoms with Crippen LogP contribution in [0.1, 0.15) is 11.5 Å². The van der Waals surface area contributed by atoms with E-state index < -0.39 is 0 Å².